The molecule has 0 radical (unpaired) electrons. The molecule has 1 aliphatic rings. The maximum absolute atomic E-state index is 12.5. The minimum atomic E-state index is -2.66. The Morgan fingerprint density at radius 1 is 1.40 bits per heavy atom. The average Bonchev–Trinajstić information content (AvgIpc) is 1.88. The van der Waals surface area contributed by atoms with Crippen LogP contribution in [-0.2, 0) is 0 Å². The Kier molecular flexibility index (Phi) is 1.88. The lowest BCUT2D eigenvalue weighted by Crippen LogP contribution is -2.12. The summed E-state index contributed by atoms with van der Waals surface area (Å²) >= 11 is 0. The monoisotopic (exact) mass is 144 g/mol. The van der Waals surface area contributed by atoms with Gasteiger partial charge in [-0.05, 0) is 12.8 Å². The fourth-order valence-electron chi connectivity index (χ4n) is 0.939. The number of allylic oxidation sites excluding steroid dienone is 4. The molecule has 0 saturated heterocycles. The predicted molar refractivity (Wildman–Crippen MR) is 37.1 cm³/mol. The summed E-state index contributed by atoms with van der Waals surface area (Å²) in [4.78, 5) is 0. The van der Waals surface area contributed by atoms with Gasteiger partial charge in [-0.2, -0.15) is 0 Å². The van der Waals surface area contributed by atoms with Gasteiger partial charge in [0.15, 0.2) is 0 Å². The molecule has 1 rings (SSSR count). The van der Waals surface area contributed by atoms with Gasteiger partial charge in [-0.25, -0.2) is 8.78 Å². The fourth-order valence-corrected chi connectivity index (χ4v) is 0.939. The van der Waals surface area contributed by atoms with E-state index in [1.165, 1.54) is 6.08 Å². The highest BCUT2D eigenvalue weighted by molar-refractivity contribution is 5.27. The molecule has 0 N–H and O–H groups in total. The van der Waals surface area contributed by atoms with Gasteiger partial charge in [-0.15, -0.1) is 0 Å². The first-order valence-corrected chi connectivity index (χ1v) is 3.36. The topological polar surface area (TPSA) is 0 Å². The van der Waals surface area contributed by atoms with E-state index in [1.807, 2.05) is 0 Å². The maximum atomic E-state index is 12.5. The van der Waals surface area contributed by atoms with E-state index in [9.17, 15) is 8.78 Å². The highest BCUT2D eigenvalue weighted by Crippen LogP contribution is 2.26. The van der Waals surface area contributed by atoms with E-state index >= 15 is 0 Å². The molecule has 10 heavy (non-hydrogen) atoms. The molecule has 1 aliphatic carbocycles. The highest BCUT2D eigenvalue weighted by Gasteiger charge is 2.25. The summed E-state index contributed by atoms with van der Waals surface area (Å²) in [5, 5.41) is 0. The van der Waals surface area contributed by atoms with Gasteiger partial charge in [0.1, 0.15) is 0 Å². The van der Waals surface area contributed by atoms with Crippen molar-refractivity contribution in [3.05, 3.63) is 23.8 Å². The van der Waals surface area contributed by atoms with Crippen LogP contribution in [0.1, 0.15) is 19.8 Å². The first-order chi connectivity index (χ1) is 4.61. The van der Waals surface area contributed by atoms with Crippen LogP contribution in [0.25, 0.3) is 0 Å². The number of hydrogen-bond donors (Lipinski definition) is 0. The Bertz CT molecular complexity index is 172. The first-order valence-electron chi connectivity index (χ1n) is 3.36. The van der Waals surface area contributed by atoms with E-state index < -0.39 is 5.92 Å². The third-order valence-electron chi connectivity index (χ3n) is 1.50. The fraction of sp³-hybridized carbons (Fsp3) is 0.500. The Morgan fingerprint density at radius 2 is 2.10 bits per heavy atom. The van der Waals surface area contributed by atoms with Gasteiger partial charge in [0, 0.05) is 12.5 Å². The van der Waals surface area contributed by atoms with Crippen LogP contribution in [0.4, 0.5) is 8.78 Å². The lowest BCUT2D eigenvalue weighted by atomic mass is 10.0. The molecule has 2 heteroatoms. The van der Waals surface area contributed by atoms with Crippen LogP contribution in [0.3, 0.4) is 0 Å². The molecule has 0 aliphatic heterocycles. The van der Waals surface area contributed by atoms with Crippen molar-refractivity contribution in [1.82, 2.24) is 0 Å². The van der Waals surface area contributed by atoms with Crippen molar-refractivity contribution in [1.29, 1.82) is 0 Å². The van der Waals surface area contributed by atoms with Crippen molar-refractivity contribution >= 4 is 0 Å². The number of hydrogen-bond acceptors (Lipinski definition) is 0. The number of rotatable bonds is 1. The maximum Gasteiger partial charge on any atom is 0.270 e. The zero-order valence-electron chi connectivity index (χ0n) is 5.90. The summed E-state index contributed by atoms with van der Waals surface area (Å²) in [5.41, 5.74) is 0.152. The van der Waals surface area contributed by atoms with Crippen molar-refractivity contribution in [2.45, 2.75) is 25.7 Å². The average molecular weight is 144 g/mol. The van der Waals surface area contributed by atoms with Crippen LogP contribution in [0, 0.1) is 0 Å². The molecule has 0 amide bonds. The standard InChI is InChI=1S/C8H10F2/c1-8(9,10)7-5-3-2-4-6-7/h3,5-6H,2,4H2,1H3. The van der Waals surface area contributed by atoms with E-state index in [0.717, 1.165) is 19.8 Å². The third-order valence-corrected chi connectivity index (χ3v) is 1.50. The predicted octanol–water partition coefficient (Wildman–Crippen LogP) is 2.92. The summed E-state index contributed by atoms with van der Waals surface area (Å²) in [7, 11) is 0. The molecule has 0 aromatic carbocycles. The molecule has 0 aromatic heterocycles. The van der Waals surface area contributed by atoms with Gasteiger partial charge in [0.2, 0.25) is 0 Å². The lowest BCUT2D eigenvalue weighted by Gasteiger charge is -2.13. The zero-order valence-corrected chi connectivity index (χ0v) is 5.90. The van der Waals surface area contributed by atoms with Crippen LogP contribution in [0.5, 0.6) is 0 Å². The van der Waals surface area contributed by atoms with E-state index in [-0.39, 0.29) is 5.57 Å². The molecule has 0 unspecified atom stereocenters. The quantitative estimate of drug-likeness (QED) is 0.530. The minimum absolute atomic E-state index is 0.152. The summed E-state index contributed by atoms with van der Waals surface area (Å²) < 4.78 is 25.0. The van der Waals surface area contributed by atoms with Gasteiger partial charge in [-0.1, -0.05) is 18.2 Å². The van der Waals surface area contributed by atoms with Crippen LogP contribution >= 0.6 is 0 Å². The van der Waals surface area contributed by atoms with Crippen molar-refractivity contribution in [3.8, 4) is 0 Å². The summed E-state index contributed by atoms with van der Waals surface area (Å²) in [6.07, 6.45) is 6.52. The van der Waals surface area contributed by atoms with Gasteiger partial charge in [0.25, 0.3) is 5.92 Å². The summed E-state index contributed by atoms with van der Waals surface area (Å²) in [5.74, 6) is -2.66. The molecule has 0 aromatic rings. The van der Waals surface area contributed by atoms with Gasteiger partial charge < -0.3 is 0 Å². The normalized spacial score (nSPS) is 18.9. The van der Waals surface area contributed by atoms with E-state index in [2.05, 4.69) is 0 Å². The summed E-state index contributed by atoms with van der Waals surface area (Å²) in [6.45, 7) is 0.925. The molecular formula is C8H10F2. The molecule has 0 bridgehead atoms. The van der Waals surface area contributed by atoms with Crippen LogP contribution in [-0.4, -0.2) is 5.92 Å². The van der Waals surface area contributed by atoms with E-state index in [0.29, 0.717) is 0 Å². The molecule has 0 nitrogen and oxygen atoms in total. The second-order valence-corrected chi connectivity index (χ2v) is 2.53. The van der Waals surface area contributed by atoms with Crippen molar-refractivity contribution < 1.29 is 8.78 Å². The van der Waals surface area contributed by atoms with Gasteiger partial charge in [-0.3, -0.25) is 0 Å². The molecule has 0 fully saturated rings. The molecule has 0 saturated carbocycles. The Morgan fingerprint density at radius 3 is 2.40 bits per heavy atom. The molecule has 0 spiro atoms. The van der Waals surface area contributed by atoms with Crippen LogP contribution in [0.2, 0.25) is 0 Å². The number of halogens is 2. The SMILES string of the molecule is CC(F)(F)C1=CCCC=C1. The van der Waals surface area contributed by atoms with E-state index in [1.54, 1.807) is 12.2 Å². The summed E-state index contributed by atoms with van der Waals surface area (Å²) in [6, 6.07) is 0. The van der Waals surface area contributed by atoms with Crippen LogP contribution < -0.4 is 0 Å². The van der Waals surface area contributed by atoms with Gasteiger partial charge in [0.05, 0.1) is 0 Å². The largest absolute Gasteiger partial charge is 0.270 e. The number of alkyl halides is 2. The van der Waals surface area contributed by atoms with Gasteiger partial charge >= 0.3 is 0 Å². The first kappa shape index (κ1) is 7.45. The molecule has 0 atom stereocenters. The van der Waals surface area contributed by atoms with Crippen LogP contribution in [0.15, 0.2) is 23.8 Å². The zero-order chi connectivity index (χ0) is 7.61. The Labute approximate surface area is 59.2 Å². The third kappa shape index (κ3) is 1.66. The Hall–Kier alpha value is -0.660. The van der Waals surface area contributed by atoms with Crippen molar-refractivity contribution in [3.63, 3.8) is 0 Å². The van der Waals surface area contributed by atoms with Crippen molar-refractivity contribution in [2.75, 3.05) is 0 Å². The lowest BCUT2D eigenvalue weighted by molar-refractivity contribution is 0.0668. The molecule has 0 heterocycles. The Balaban J connectivity index is 2.73. The second-order valence-electron chi connectivity index (χ2n) is 2.53. The smallest absolute Gasteiger partial charge is 0.202 e. The van der Waals surface area contributed by atoms with E-state index in [4.69, 9.17) is 0 Å². The second kappa shape index (κ2) is 2.52. The minimum Gasteiger partial charge on any atom is -0.202 e. The molecular weight excluding hydrogens is 134 g/mol. The van der Waals surface area contributed by atoms with Crippen molar-refractivity contribution in [2.24, 2.45) is 0 Å². The highest BCUT2D eigenvalue weighted by atomic mass is 19.3. The molecule has 56 valence electrons.